The Labute approximate surface area is 217 Å². The molecule has 16 heteroatoms. The van der Waals surface area contributed by atoms with Crippen molar-refractivity contribution in [3.05, 3.63) is 65.3 Å². The van der Waals surface area contributed by atoms with Gasteiger partial charge in [-0.05, 0) is 30.0 Å². The fraction of sp³-hybridized carbons (Fsp3) is 0.435. The van der Waals surface area contributed by atoms with Crippen molar-refractivity contribution >= 4 is 11.9 Å². The minimum atomic E-state index is -5.08. The summed E-state index contributed by atoms with van der Waals surface area (Å²) in [5.74, 6) is -4.03. The summed E-state index contributed by atoms with van der Waals surface area (Å²) in [4.78, 5) is 32.2. The Balaban J connectivity index is 0.000000317. The molecule has 0 bridgehead atoms. The summed E-state index contributed by atoms with van der Waals surface area (Å²) in [5, 5.41) is 18.5. The van der Waals surface area contributed by atoms with Gasteiger partial charge in [0.2, 0.25) is 0 Å². The van der Waals surface area contributed by atoms with E-state index in [9.17, 15) is 26.3 Å². The molecular weight excluding hydrogens is 540 g/mol. The number of aromatic amines is 1. The second-order valence-corrected chi connectivity index (χ2v) is 8.66. The van der Waals surface area contributed by atoms with Crippen molar-refractivity contribution in [2.24, 2.45) is 5.92 Å². The summed E-state index contributed by atoms with van der Waals surface area (Å²) < 4.78 is 69.1. The first-order chi connectivity index (χ1) is 18.1. The van der Waals surface area contributed by atoms with Crippen LogP contribution in [0.5, 0.6) is 0 Å². The molecular formula is C23H25F6N5O5. The number of H-pyrrole nitrogens is 1. The van der Waals surface area contributed by atoms with Gasteiger partial charge in [-0.25, -0.2) is 14.6 Å². The average Bonchev–Trinajstić information content (AvgIpc) is 3.48. The van der Waals surface area contributed by atoms with E-state index in [0.29, 0.717) is 5.92 Å². The van der Waals surface area contributed by atoms with Gasteiger partial charge in [-0.1, -0.05) is 19.0 Å². The van der Waals surface area contributed by atoms with Crippen LogP contribution in [0.3, 0.4) is 0 Å². The molecule has 0 spiro atoms. The maximum absolute atomic E-state index is 10.6. The SMILES string of the molecule is CC(C)Cc1cc(CN2CCc3[nH]cnc3C2c2ccncc2)on1.O=C(O)C(F)(F)F.O=C(O)C(F)(F)F. The van der Waals surface area contributed by atoms with Crippen molar-refractivity contribution < 1.29 is 50.7 Å². The van der Waals surface area contributed by atoms with Gasteiger partial charge in [0.25, 0.3) is 0 Å². The van der Waals surface area contributed by atoms with Gasteiger partial charge in [-0.15, -0.1) is 0 Å². The normalized spacial score (nSPS) is 15.5. The number of carboxylic acid groups (broad SMARTS) is 2. The first-order valence-electron chi connectivity index (χ1n) is 11.3. The van der Waals surface area contributed by atoms with E-state index in [4.69, 9.17) is 24.3 Å². The number of hydrogen-bond acceptors (Lipinski definition) is 7. The Morgan fingerprint density at radius 3 is 2.18 bits per heavy atom. The van der Waals surface area contributed by atoms with Crippen LogP contribution in [-0.2, 0) is 29.0 Å². The lowest BCUT2D eigenvalue weighted by Gasteiger charge is -2.34. The number of aliphatic carboxylic acids is 2. The zero-order chi connectivity index (χ0) is 29.4. The molecule has 0 saturated heterocycles. The van der Waals surface area contributed by atoms with Gasteiger partial charge in [-0.2, -0.15) is 26.3 Å². The molecule has 4 rings (SSSR count). The van der Waals surface area contributed by atoms with Crippen LogP contribution in [0.25, 0.3) is 0 Å². The number of pyridine rings is 1. The summed E-state index contributed by atoms with van der Waals surface area (Å²) in [6.07, 6.45) is -2.80. The highest BCUT2D eigenvalue weighted by Gasteiger charge is 2.39. The number of aromatic nitrogens is 4. The van der Waals surface area contributed by atoms with Gasteiger partial charge in [0, 0.05) is 37.1 Å². The number of rotatable bonds is 5. The van der Waals surface area contributed by atoms with Gasteiger partial charge in [0.05, 0.1) is 30.3 Å². The number of nitrogens with one attached hydrogen (secondary N) is 1. The zero-order valence-electron chi connectivity index (χ0n) is 20.6. The standard InChI is InChI=1S/C19H23N5O.2C2HF3O2/c1-13(2)9-15-10-16(25-23-15)11-24-8-5-17-18(22-12-21-17)19(24)14-3-6-20-7-4-14;2*3-2(4,5)1(6)7/h3-4,6-7,10,12-13,19H,5,8-9,11H2,1-2H3,(H,21,22);2*(H,6,7). The molecule has 4 heterocycles. The van der Waals surface area contributed by atoms with Crippen LogP contribution in [-0.4, -0.2) is 66.1 Å². The highest BCUT2D eigenvalue weighted by Crippen LogP contribution is 2.34. The number of carboxylic acids is 2. The van der Waals surface area contributed by atoms with Gasteiger partial charge in [0.15, 0.2) is 5.76 Å². The molecule has 0 amide bonds. The summed E-state index contributed by atoms with van der Waals surface area (Å²) in [7, 11) is 0. The molecule has 0 aliphatic carbocycles. The quantitative estimate of drug-likeness (QED) is 0.383. The van der Waals surface area contributed by atoms with E-state index < -0.39 is 24.3 Å². The third-order valence-electron chi connectivity index (χ3n) is 5.12. The van der Waals surface area contributed by atoms with E-state index >= 15 is 0 Å². The van der Waals surface area contributed by atoms with E-state index in [0.717, 1.165) is 43.1 Å². The number of imidazole rings is 1. The Hall–Kier alpha value is -3.95. The largest absolute Gasteiger partial charge is 0.490 e. The molecule has 0 fully saturated rings. The number of carbonyl (C=O) groups is 2. The van der Waals surface area contributed by atoms with Gasteiger partial charge < -0.3 is 19.7 Å². The van der Waals surface area contributed by atoms with E-state index in [2.05, 4.69) is 57.1 Å². The smallest absolute Gasteiger partial charge is 0.475 e. The molecule has 39 heavy (non-hydrogen) atoms. The predicted octanol–water partition coefficient (Wildman–Crippen LogP) is 4.41. The van der Waals surface area contributed by atoms with Crippen molar-refractivity contribution in [1.29, 1.82) is 0 Å². The molecule has 1 aliphatic heterocycles. The summed E-state index contributed by atoms with van der Waals surface area (Å²) in [6, 6.07) is 6.32. The third-order valence-corrected chi connectivity index (χ3v) is 5.12. The van der Waals surface area contributed by atoms with Gasteiger partial charge in [-0.3, -0.25) is 9.88 Å². The van der Waals surface area contributed by atoms with Crippen LogP contribution in [0.15, 0.2) is 41.4 Å². The third kappa shape index (κ3) is 9.70. The van der Waals surface area contributed by atoms with Crippen molar-refractivity contribution in [3.63, 3.8) is 0 Å². The Morgan fingerprint density at radius 2 is 1.67 bits per heavy atom. The number of halogens is 6. The maximum Gasteiger partial charge on any atom is 0.490 e. The highest BCUT2D eigenvalue weighted by molar-refractivity contribution is 5.73. The first-order valence-corrected chi connectivity index (χ1v) is 11.3. The summed E-state index contributed by atoms with van der Waals surface area (Å²) in [6.45, 7) is 6.06. The molecule has 10 nitrogen and oxygen atoms in total. The molecule has 3 aromatic heterocycles. The average molecular weight is 565 g/mol. The van der Waals surface area contributed by atoms with Gasteiger partial charge >= 0.3 is 24.3 Å². The molecule has 3 N–H and O–H groups in total. The van der Waals surface area contributed by atoms with Crippen LogP contribution in [0.1, 0.15) is 48.3 Å². The number of hydrogen-bond donors (Lipinski definition) is 3. The lowest BCUT2D eigenvalue weighted by atomic mass is 9.96. The number of fused-ring (bicyclic) bond motifs is 1. The van der Waals surface area contributed by atoms with Crippen LogP contribution < -0.4 is 0 Å². The molecule has 0 radical (unpaired) electrons. The minimum Gasteiger partial charge on any atom is -0.475 e. The Kier molecular flexibility index (Phi) is 10.6. The van der Waals surface area contributed by atoms with Crippen molar-refractivity contribution in [2.75, 3.05) is 6.54 Å². The molecule has 0 aromatic carbocycles. The molecule has 1 unspecified atom stereocenters. The van der Waals surface area contributed by atoms with E-state index in [1.165, 1.54) is 11.3 Å². The summed E-state index contributed by atoms with van der Waals surface area (Å²) in [5.41, 5.74) is 4.54. The Bertz CT molecular complexity index is 1190. The maximum atomic E-state index is 10.6. The fourth-order valence-corrected chi connectivity index (χ4v) is 3.55. The van der Waals surface area contributed by atoms with Crippen molar-refractivity contribution in [1.82, 2.24) is 25.0 Å². The molecule has 1 aliphatic rings. The highest BCUT2D eigenvalue weighted by atomic mass is 19.4. The second kappa shape index (κ2) is 13.2. The van der Waals surface area contributed by atoms with E-state index in [-0.39, 0.29) is 6.04 Å². The lowest BCUT2D eigenvalue weighted by molar-refractivity contribution is -0.193. The minimum absolute atomic E-state index is 0.108. The van der Waals surface area contributed by atoms with E-state index in [1.54, 1.807) is 6.33 Å². The van der Waals surface area contributed by atoms with Crippen LogP contribution in [0, 0.1) is 5.92 Å². The molecule has 214 valence electrons. The monoisotopic (exact) mass is 565 g/mol. The van der Waals surface area contributed by atoms with E-state index in [1.807, 2.05) is 12.4 Å². The lowest BCUT2D eigenvalue weighted by Crippen LogP contribution is -2.35. The van der Waals surface area contributed by atoms with Crippen molar-refractivity contribution in [3.8, 4) is 0 Å². The van der Waals surface area contributed by atoms with Crippen LogP contribution in [0.2, 0.25) is 0 Å². The number of alkyl halides is 6. The fourth-order valence-electron chi connectivity index (χ4n) is 3.55. The second-order valence-electron chi connectivity index (χ2n) is 8.66. The topological polar surface area (TPSA) is 145 Å². The molecule has 1 atom stereocenters. The zero-order valence-corrected chi connectivity index (χ0v) is 20.6. The molecule has 0 saturated carbocycles. The Morgan fingerprint density at radius 1 is 1.10 bits per heavy atom. The number of nitrogens with zero attached hydrogens (tertiary/aromatic N) is 4. The summed E-state index contributed by atoms with van der Waals surface area (Å²) >= 11 is 0. The predicted molar refractivity (Wildman–Crippen MR) is 121 cm³/mol. The first kappa shape index (κ1) is 31.3. The van der Waals surface area contributed by atoms with Crippen molar-refractivity contribution in [2.45, 2.75) is 51.6 Å². The molecule has 3 aromatic rings. The van der Waals surface area contributed by atoms with Gasteiger partial charge in [0.1, 0.15) is 0 Å². The van der Waals surface area contributed by atoms with Crippen LogP contribution >= 0.6 is 0 Å². The van der Waals surface area contributed by atoms with Crippen LogP contribution in [0.4, 0.5) is 26.3 Å².